The molecule has 0 radical (unpaired) electrons. The number of piperidine rings is 1. The van der Waals surface area contributed by atoms with Crippen molar-refractivity contribution in [2.24, 2.45) is 0 Å². The minimum Gasteiger partial charge on any atom is -0.384 e. The van der Waals surface area contributed by atoms with Crippen LogP contribution in [0.25, 0.3) is 0 Å². The van der Waals surface area contributed by atoms with Gasteiger partial charge in [-0.05, 0) is 26.2 Å². The Morgan fingerprint density at radius 2 is 2.28 bits per heavy atom. The van der Waals surface area contributed by atoms with Gasteiger partial charge in [-0.3, -0.25) is 4.79 Å². The smallest absolute Gasteiger partial charge is 0.242 e. The Hall–Kier alpha value is -1.85. The summed E-state index contributed by atoms with van der Waals surface area (Å²) in [5.41, 5.74) is 5.74. The van der Waals surface area contributed by atoms with Gasteiger partial charge >= 0.3 is 0 Å². The first-order valence-electron chi connectivity index (χ1n) is 6.21. The number of anilines is 2. The van der Waals surface area contributed by atoms with Gasteiger partial charge in [-0.15, -0.1) is 0 Å². The van der Waals surface area contributed by atoms with Gasteiger partial charge in [0.25, 0.3) is 0 Å². The zero-order valence-corrected chi connectivity index (χ0v) is 10.8. The number of amides is 1. The van der Waals surface area contributed by atoms with Crippen molar-refractivity contribution in [3.63, 3.8) is 0 Å². The van der Waals surface area contributed by atoms with E-state index in [9.17, 15) is 4.79 Å². The summed E-state index contributed by atoms with van der Waals surface area (Å²) in [5.74, 6) is 1.85. The van der Waals surface area contributed by atoms with E-state index in [1.54, 1.807) is 20.0 Å². The zero-order chi connectivity index (χ0) is 13.1. The molecule has 0 spiro atoms. The standard InChI is InChI=1S/C12H19N5O/c1-8-15-10(13)7-11(16-8)17-6-4-3-5-9(17)12(18)14-2/h7,9H,3-6H2,1-2H3,(H,14,18)(H2,13,15,16). The topological polar surface area (TPSA) is 84.1 Å². The molecule has 98 valence electrons. The number of aromatic nitrogens is 2. The number of carbonyl (C=O) groups excluding carboxylic acids is 1. The van der Waals surface area contributed by atoms with E-state index in [0.717, 1.165) is 31.6 Å². The summed E-state index contributed by atoms with van der Waals surface area (Å²) < 4.78 is 0. The fraction of sp³-hybridized carbons (Fsp3) is 0.583. The van der Waals surface area contributed by atoms with Gasteiger partial charge < -0.3 is 16.0 Å². The van der Waals surface area contributed by atoms with Crippen LogP contribution in [-0.4, -0.2) is 35.5 Å². The van der Waals surface area contributed by atoms with Gasteiger partial charge in [-0.2, -0.15) is 0 Å². The summed E-state index contributed by atoms with van der Waals surface area (Å²) in [6.45, 7) is 2.63. The molecule has 0 bridgehead atoms. The summed E-state index contributed by atoms with van der Waals surface area (Å²) in [7, 11) is 1.66. The Balaban J connectivity index is 2.30. The summed E-state index contributed by atoms with van der Waals surface area (Å²) >= 11 is 0. The van der Waals surface area contributed by atoms with Crippen LogP contribution in [0.15, 0.2) is 6.07 Å². The second-order valence-corrected chi connectivity index (χ2v) is 4.52. The van der Waals surface area contributed by atoms with Gasteiger partial charge in [0, 0.05) is 19.7 Å². The Morgan fingerprint density at radius 3 is 2.94 bits per heavy atom. The maximum atomic E-state index is 11.9. The minimum absolute atomic E-state index is 0.0320. The van der Waals surface area contributed by atoms with Crippen LogP contribution in [0.3, 0.4) is 0 Å². The van der Waals surface area contributed by atoms with Crippen LogP contribution in [0.2, 0.25) is 0 Å². The number of nitrogen functional groups attached to an aromatic ring is 1. The molecule has 18 heavy (non-hydrogen) atoms. The molecule has 0 saturated carbocycles. The number of nitrogens with two attached hydrogens (primary N) is 1. The van der Waals surface area contributed by atoms with Crippen molar-refractivity contribution >= 4 is 17.5 Å². The van der Waals surface area contributed by atoms with Crippen LogP contribution in [0.5, 0.6) is 0 Å². The Kier molecular flexibility index (Phi) is 3.64. The molecule has 2 heterocycles. The van der Waals surface area contributed by atoms with Crippen molar-refractivity contribution in [3.05, 3.63) is 11.9 Å². The molecule has 3 N–H and O–H groups in total. The number of nitrogens with one attached hydrogen (secondary N) is 1. The fourth-order valence-corrected chi connectivity index (χ4v) is 2.37. The second kappa shape index (κ2) is 5.20. The Morgan fingerprint density at radius 1 is 1.50 bits per heavy atom. The van der Waals surface area contributed by atoms with Crippen LogP contribution in [-0.2, 0) is 4.79 Å². The first-order valence-corrected chi connectivity index (χ1v) is 6.21. The predicted octanol–water partition coefficient (Wildman–Crippen LogP) is 0.472. The highest BCUT2D eigenvalue weighted by molar-refractivity contribution is 5.85. The van der Waals surface area contributed by atoms with E-state index < -0.39 is 0 Å². The molecule has 6 nitrogen and oxygen atoms in total. The molecular weight excluding hydrogens is 230 g/mol. The van der Waals surface area contributed by atoms with Crippen LogP contribution in [0.1, 0.15) is 25.1 Å². The first-order chi connectivity index (χ1) is 8.61. The lowest BCUT2D eigenvalue weighted by Gasteiger charge is -2.35. The summed E-state index contributed by atoms with van der Waals surface area (Å²) in [5, 5.41) is 2.71. The maximum Gasteiger partial charge on any atom is 0.242 e. The number of hydrogen-bond donors (Lipinski definition) is 2. The third-order valence-electron chi connectivity index (χ3n) is 3.19. The van der Waals surface area contributed by atoms with E-state index in [4.69, 9.17) is 5.73 Å². The molecule has 1 aliphatic rings. The van der Waals surface area contributed by atoms with E-state index >= 15 is 0 Å². The average Bonchev–Trinajstić information content (AvgIpc) is 2.36. The normalized spacial score (nSPS) is 19.7. The van der Waals surface area contributed by atoms with Gasteiger partial charge in [0.05, 0.1) is 0 Å². The Bertz CT molecular complexity index is 428. The summed E-state index contributed by atoms with van der Waals surface area (Å²) in [6, 6.07) is 1.58. The molecular formula is C12H19N5O. The van der Waals surface area contributed by atoms with Gasteiger partial charge in [0.15, 0.2) is 0 Å². The predicted molar refractivity (Wildman–Crippen MR) is 70.2 cm³/mol. The lowest BCUT2D eigenvalue weighted by molar-refractivity contribution is -0.122. The maximum absolute atomic E-state index is 11.9. The van der Waals surface area contributed by atoms with Crippen molar-refractivity contribution in [2.45, 2.75) is 32.2 Å². The molecule has 1 unspecified atom stereocenters. The molecule has 1 saturated heterocycles. The van der Waals surface area contributed by atoms with Crippen molar-refractivity contribution in [1.29, 1.82) is 0 Å². The number of rotatable bonds is 2. The Labute approximate surface area is 107 Å². The zero-order valence-electron chi connectivity index (χ0n) is 10.8. The third kappa shape index (κ3) is 2.52. The van der Waals surface area contributed by atoms with Crippen molar-refractivity contribution in [3.8, 4) is 0 Å². The molecule has 1 aliphatic heterocycles. The summed E-state index contributed by atoms with van der Waals surface area (Å²) in [6.07, 6.45) is 2.98. The largest absolute Gasteiger partial charge is 0.384 e. The minimum atomic E-state index is -0.155. The van der Waals surface area contributed by atoms with Gasteiger partial charge in [0.2, 0.25) is 5.91 Å². The molecule has 6 heteroatoms. The summed E-state index contributed by atoms with van der Waals surface area (Å²) in [4.78, 5) is 22.4. The van der Waals surface area contributed by atoms with E-state index in [1.807, 2.05) is 4.90 Å². The SMILES string of the molecule is CNC(=O)C1CCCCN1c1cc(N)nc(C)n1. The van der Waals surface area contributed by atoms with Gasteiger partial charge in [-0.1, -0.05) is 0 Å². The number of likely N-dealkylation sites (N-methyl/N-ethyl adjacent to an activating group) is 1. The quantitative estimate of drug-likeness (QED) is 0.796. The number of nitrogens with zero attached hydrogens (tertiary/aromatic N) is 3. The van der Waals surface area contributed by atoms with Crippen molar-refractivity contribution < 1.29 is 4.79 Å². The van der Waals surface area contributed by atoms with Crippen LogP contribution >= 0.6 is 0 Å². The highest BCUT2D eigenvalue weighted by Crippen LogP contribution is 2.24. The molecule has 1 aromatic rings. The molecule has 1 amide bonds. The molecule has 2 rings (SSSR count). The monoisotopic (exact) mass is 249 g/mol. The van der Waals surface area contributed by atoms with E-state index in [-0.39, 0.29) is 11.9 Å². The fourth-order valence-electron chi connectivity index (χ4n) is 2.37. The number of hydrogen-bond acceptors (Lipinski definition) is 5. The molecule has 1 atom stereocenters. The number of aryl methyl sites for hydroxylation is 1. The van der Waals surface area contributed by atoms with Gasteiger partial charge in [0.1, 0.15) is 23.5 Å². The second-order valence-electron chi connectivity index (χ2n) is 4.52. The number of carbonyl (C=O) groups is 1. The highest BCUT2D eigenvalue weighted by Gasteiger charge is 2.29. The van der Waals surface area contributed by atoms with Crippen LogP contribution < -0.4 is 16.0 Å². The van der Waals surface area contributed by atoms with E-state index in [2.05, 4.69) is 15.3 Å². The molecule has 0 aromatic carbocycles. The van der Waals surface area contributed by atoms with Crippen LogP contribution in [0, 0.1) is 6.92 Å². The van der Waals surface area contributed by atoms with Crippen molar-refractivity contribution in [1.82, 2.24) is 15.3 Å². The molecule has 1 aromatic heterocycles. The first kappa shape index (κ1) is 12.6. The average molecular weight is 249 g/mol. The van der Waals surface area contributed by atoms with E-state index in [0.29, 0.717) is 11.6 Å². The lowest BCUT2D eigenvalue weighted by Crippen LogP contribution is -2.49. The highest BCUT2D eigenvalue weighted by atomic mass is 16.2. The van der Waals surface area contributed by atoms with E-state index in [1.165, 1.54) is 0 Å². The molecule has 0 aliphatic carbocycles. The molecule has 1 fully saturated rings. The van der Waals surface area contributed by atoms with Crippen molar-refractivity contribution in [2.75, 3.05) is 24.2 Å². The van der Waals surface area contributed by atoms with Crippen LogP contribution in [0.4, 0.5) is 11.6 Å². The third-order valence-corrected chi connectivity index (χ3v) is 3.19. The van der Waals surface area contributed by atoms with Gasteiger partial charge in [-0.25, -0.2) is 9.97 Å². The lowest BCUT2D eigenvalue weighted by atomic mass is 10.0.